The number of nitrogens with two attached hydrogens (primary N) is 1. The van der Waals surface area contributed by atoms with Gasteiger partial charge in [0.2, 0.25) is 0 Å². The lowest BCUT2D eigenvalue weighted by Crippen LogP contribution is -2.53. The number of hydrogen-bond acceptors (Lipinski definition) is 7. The Morgan fingerprint density at radius 2 is 2.10 bits per heavy atom. The molecule has 2 aliphatic heterocycles. The number of fused-ring (bicyclic) bond motifs is 7. The van der Waals surface area contributed by atoms with Crippen LogP contribution in [0.4, 0.5) is 10.2 Å². The second-order valence-corrected chi connectivity index (χ2v) is 8.20. The lowest BCUT2D eigenvalue weighted by molar-refractivity contribution is 0.0879. The third kappa shape index (κ3) is 3.02. The van der Waals surface area contributed by atoms with E-state index in [0.29, 0.717) is 23.4 Å². The highest BCUT2D eigenvalue weighted by Crippen LogP contribution is 2.41. The van der Waals surface area contributed by atoms with Crippen molar-refractivity contribution in [2.45, 2.75) is 31.4 Å². The number of hydrogen-bond donors (Lipinski definition) is 1. The summed E-state index contributed by atoms with van der Waals surface area (Å²) in [5, 5.41) is 14.4. The largest absolute Gasteiger partial charge is 0.467 e. The summed E-state index contributed by atoms with van der Waals surface area (Å²) in [4.78, 5) is 11.1. The molecule has 2 aromatic heterocycles. The molecular weight excluding hydrogens is 397 g/mol. The number of nitrogen functional groups attached to an aromatic ring is 1. The number of halogens is 1. The fraction of sp³-hybridized carbons (Fsp3) is 0.364. The van der Waals surface area contributed by atoms with Crippen molar-refractivity contribution >= 4 is 5.82 Å². The maximum absolute atomic E-state index is 14.2. The van der Waals surface area contributed by atoms with Gasteiger partial charge in [-0.05, 0) is 37.2 Å². The maximum atomic E-state index is 14.2. The number of likely N-dealkylation sites (tertiary alicyclic amines) is 1. The molecule has 5 rings (SSSR count). The highest BCUT2D eigenvalue weighted by atomic mass is 19.1. The maximum Gasteiger partial charge on any atom is 0.258 e. The van der Waals surface area contributed by atoms with Crippen LogP contribution in [-0.4, -0.2) is 44.3 Å². The predicted octanol–water partition coefficient (Wildman–Crippen LogP) is 2.56. The van der Waals surface area contributed by atoms with Crippen LogP contribution in [0.5, 0.6) is 5.88 Å². The van der Waals surface area contributed by atoms with Crippen LogP contribution in [0, 0.1) is 17.1 Å². The molecule has 31 heavy (non-hydrogen) atoms. The third-order valence-corrected chi connectivity index (χ3v) is 6.34. The highest BCUT2D eigenvalue weighted by Gasteiger charge is 2.41. The van der Waals surface area contributed by atoms with E-state index in [9.17, 15) is 9.65 Å². The molecule has 0 aliphatic carbocycles. The molecule has 3 atom stereocenters. The van der Waals surface area contributed by atoms with Gasteiger partial charge in [0.15, 0.2) is 5.82 Å². The van der Waals surface area contributed by atoms with Gasteiger partial charge in [0, 0.05) is 32.0 Å². The van der Waals surface area contributed by atoms with Gasteiger partial charge in [-0.15, -0.1) is 0 Å². The Morgan fingerprint density at radius 1 is 1.29 bits per heavy atom. The molecule has 0 saturated carbocycles. The van der Waals surface area contributed by atoms with Gasteiger partial charge in [-0.3, -0.25) is 4.68 Å². The zero-order valence-corrected chi connectivity index (χ0v) is 17.5. The molecule has 3 aromatic rings. The summed E-state index contributed by atoms with van der Waals surface area (Å²) < 4.78 is 21.8. The minimum atomic E-state index is -0.479. The van der Waals surface area contributed by atoms with Crippen molar-refractivity contribution in [2.75, 3.05) is 19.3 Å². The van der Waals surface area contributed by atoms with Gasteiger partial charge in [0.1, 0.15) is 23.7 Å². The highest BCUT2D eigenvalue weighted by molar-refractivity contribution is 5.69. The summed E-state index contributed by atoms with van der Waals surface area (Å²) in [7, 11) is 3.80. The molecule has 3 unspecified atom stereocenters. The summed E-state index contributed by atoms with van der Waals surface area (Å²) >= 11 is 0. The van der Waals surface area contributed by atoms with Crippen molar-refractivity contribution in [3.63, 3.8) is 0 Å². The molecule has 158 valence electrons. The minimum absolute atomic E-state index is 0.135. The van der Waals surface area contributed by atoms with E-state index in [1.54, 1.807) is 11.7 Å². The van der Waals surface area contributed by atoms with E-state index >= 15 is 0 Å². The molecular formula is C22H22FN7O. The van der Waals surface area contributed by atoms with Gasteiger partial charge in [-0.25, -0.2) is 14.4 Å². The van der Waals surface area contributed by atoms with Crippen molar-refractivity contribution in [1.29, 1.82) is 5.26 Å². The molecule has 1 aromatic carbocycles. The smallest absolute Gasteiger partial charge is 0.258 e. The number of nitrogens with zero attached hydrogens (tertiary/aromatic N) is 6. The molecule has 2 bridgehead atoms. The first kappa shape index (κ1) is 19.5. The van der Waals surface area contributed by atoms with Crippen LogP contribution in [0.3, 0.4) is 0 Å². The molecule has 1 saturated heterocycles. The number of ether oxygens (including phenoxy) is 1. The number of nitriles is 1. The number of likely N-dealkylation sites (N-methyl/N-ethyl adjacent to an activating group) is 1. The van der Waals surface area contributed by atoms with Crippen LogP contribution >= 0.6 is 0 Å². The Balaban J connectivity index is 1.75. The summed E-state index contributed by atoms with van der Waals surface area (Å²) in [6.07, 6.45) is 1.68. The first-order chi connectivity index (χ1) is 14.9. The molecule has 0 spiro atoms. The number of aryl methyl sites for hydroxylation is 1. The summed E-state index contributed by atoms with van der Waals surface area (Å²) in [5.41, 5.74) is 10.2. The number of rotatable bonds is 0. The van der Waals surface area contributed by atoms with Crippen LogP contribution in [0.2, 0.25) is 0 Å². The van der Waals surface area contributed by atoms with E-state index in [4.69, 9.17) is 10.5 Å². The molecule has 1 fully saturated rings. The predicted molar refractivity (Wildman–Crippen MR) is 112 cm³/mol. The quantitative estimate of drug-likeness (QED) is 0.597. The van der Waals surface area contributed by atoms with Crippen molar-refractivity contribution < 1.29 is 9.13 Å². The monoisotopic (exact) mass is 419 g/mol. The van der Waals surface area contributed by atoms with Crippen molar-refractivity contribution in [2.24, 2.45) is 7.05 Å². The Hall–Kier alpha value is -3.51. The Labute approximate surface area is 179 Å². The van der Waals surface area contributed by atoms with Gasteiger partial charge in [0.05, 0.1) is 23.1 Å². The average molecular weight is 419 g/mol. The molecule has 0 radical (unpaired) electrons. The molecule has 0 amide bonds. The van der Waals surface area contributed by atoms with E-state index in [1.807, 2.05) is 13.0 Å². The molecule has 8 nitrogen and oxygen atoms in total. The topological polar surface area (TPSA) is 106 Å². The molecule has 4 heterocycles. The van der Waals surface area contributed by atoms with Crippen LogP contribution in [0.1, 0.15) is 41.5 Å². The second-order valence-electron chi connectivity index (χ2n) is 8.20. The Morgan fingerprint density at radius 3 is 2.84 bits per heavy atom. The molecule has 9 heteroatoms. The van der Waals surface area contributed by atoms with E-state index < -0.39 is 6.10 Å². The SMILES string of the molecule is CC1Oc2nc(cnc2N)-c2c(nn(C)c2C#N)CC2C(CN2C)c2ccc(F)cc21. The zero-order valence-electron chi connectivity index (χ0n) is 17.5. The van der Waals surface area contributed by atoms with Crippen LogP contribution in [0.15, 0.2) is 24.4 Å². The first-order valence-electron chi connectivity index (χ1n) is 10.1. The van der Waals surface area contributed by atoms with Gasteiger partial charge in [-0.1, -0.05) is 6.07 Å². The van der Waals surface area contributed by atoms with Crippen molar-refractivity contribution in [1.82, 2.24) is 24.6 Å². The van der Waals surface area contributed by atoms with E-state index in [2.05, 4.69) is 33.1 Å². The van der Waals surface area contributed by atoms with Gasteiger partial charge < -0.3 is 15.4 Å². The van der Waals surface area contributed by atoms with Crippen molar-refractivity contribution in [3.8, 4) is 23.2 Å². The normalized spacial score (nSPS) is 22.5. The number of benzene rings is 1. The van der Waals surface area contributed by atoms with E-state index in [1.165, 1.54) is 18.3 Å². The van der Waals surface area contributed by atoms with Crippen LogP contribution < -0.4 is 10.5 Å². The average Bonchev–Trinajstić information content (AvgIpc) is 3.06. The third-order valence-electron chi connectivity index (χ3n) is 6.34. The fourth-order valence-corrected chi connectivity index (χ4v) is 4.71. The van der Waals surface area contributed by atoms with Crippen molar-refractivity contribution in [3.05, 3.63) is 52.7 Å². The second kappa shape index (κ2) is 7.03. The summed E-state index contributed by atoms with van der Waals surface area (Å²) in [6.45, 7) is 2.70. The van der Waals surface area contributed by atoms with Crippen LogP contribution in [-0.2, 0) is 13.5 Å². The number of aromatic nitrogens is 4. The standard InChI is InChI=1S/C22H22FN7O/c1-11-14-6-12(23)4-5-13(14)15-10-29(2)18(15)7-16-20(19(8-24)30(3)28-16)17-9-26-21(25)22(27-17)31-11/h4-6,9,11,15,18H,7,10H2,1-3H3,(H2,25,26). The zero-order chi connectivity index (χ0) is 21.9. The van der Waals surface area contributed by atoms with E-state index in [0.717, 1.165) is 23.4 Å². The van der Waals surface area contributed by atoms with Gasteiger partial charge in [-0.2, -0.15) is 10.4 Å². The van der Waals surface area contributed by atoms with E-state index in [-0.39, 0.29) is 29.5 Å². The first-order valence-corrected chi connectivity index (χ1v) is 10.1. The van der Waals surface area contributed by atoms with Crippen LogP contribution in [0.25, 0.3) is 11.3 Å². The molecule has 2 aliphatic rings. The Bertz CT molecular complexity index is 1230. The minimum Gasteiger partial charge on any atom is -0.467 e. The Kier molecular flexibility index (Phi) is 4.41. The summed E-state index contributed by atoms with van der Waals surface area (Å²) in [5.74, 6) is 0.162. The summed E-state index contributed by atoms with van der Waals surface area (Å²) in [6, 6.07) is 7.23. The van der Waals surface area contributed by atoms with Gasteiger partial charge in [0.25, 0.3) is 5.88 Å². The fourth-order valence-electron chi connectivity index (χ4n) is 4.71. The molecule has 2 N–H and O–H groups in total. The number of anilines is 1. The van der Waals surface area contributed by atoms with Gasteiger partial charge >= 0.3 is 0 Å². The lowest BCUT2D eigenvalue weighted by Gasteiger charge is -2.47. The lowest BCUT2D eigenvalue weighted by atomic mass is 9.77.